The van der Waals surface area contributed by atoms with Gasteiger partial charge in [-0.05, 0) is 54.8 Å². The van der Waals surface area contributed by atoms with Gasteiger partial charge >= 0.3 is 0 Å². The molecule has 0 bridgehead atoms. The molecule has 28 heavy (non-hydrogen) atoms. The third kappa shape index (κ3) is 3.47. The van der Waals surface area contributed by atoms with Crippen LogP contribution in [0.4, 0.5) is 11.4 Å². The number of fused-ring (bicyclic) bond motifs is 1. The lowest BCUT2D eigenvalue weighted by Gasteiger charge is -2.31. The molecular formula is C22H26N2O3S. The maximum atomic E-state index is 13.3. The summed E-state index contributed by atoms with van der Waals surface area (Å²) in [6.45, 7) is 0.753. The number of hydrogen-bond acceptors (Lipinski definition) is 4. The minimum absolute atomic E-state index is 0.0437. The van der Waals surface area contributed by atoms with Gasteiger partial charge in [0.2, 0.25) is 5.91 Å². The molecule has 2 amide bonds. The quantitative estimate of drug-likeness (QED) is 0.824. The summed E-state index contributed by atoms with van der Waals surface area (Å²) in [5.74, 6) is 0.0238. The molecule has 2 heterocycles. The summed E-state index contributed by atoms with van der Waals surface area (Å²) in [7, 11) is 1.53. The summed E-state index contributed by atoms with van der Waals surface area (Å²) in [6.07, 6.45) is 5.82. The Morgan fingerprint density at radius 2 is 2.04 bits per heavy atom. The molecule has 1 aliphatic carbocycles. The Kier molecular flexibility index (Phi) is 5.51. The molecule has 2 aromatic rings. The van der Waals surface area contributed by atoms with E-state index in [-0.39, 0.29) is 18.4 Å². The van der Waals surface area contributed by atoms with Crippen LogP contribution in [0.1, 0.15) is 42.5 Å². The first-order valence-electron chi connectivity index (χ1n) is 9.92. The topological polar surface area (TPSA) is 58.6 Å². The number of rotatable bonds is 5. The van der Waals surface area contributed by atoms with E-state index < -0.39 is 5.41 Å². The first-order chi connectivity index (χ1) is 13.6. The van der Waals surface area contributed by atoms with E-state index in [2.05, 4.69) is 11.4 Å². The predicted molar refractivity (Wildman–Crippen MR) is 112 cm³/mol. The van der Waals surface area contributed by atoms with E-state index in [1.165, 1.54) is 7.11 Å². The average molecular weight is 399 g/mol. The van der Waals surface area contributed by atoms with Gasteiger partial charge in [-0.3, -0.25) is 9.59 Å². The van der Waals surface area contributed by atoms with Gasteiger partial charge in [-0.2, -0.15) is 0 Å². The van der Waals surface area contributed by atoms with Crippen LogP contribution in [0.5, 0.6) is 0 Å². The van der Waals surface area contributed by atoms with Crippen molar-refractivity contribution in [3.8, 4) is 0 Å². The third-order valence-electron chi connectivity index (χ3n) is 5.92. The first-order valence-corrected chi connectivity index (χ1v) is 10.8. The van der Waals surface area contributed by atoms with E-state index in [0.717, 1.165) is 60.3 Å². The second kappa shape index (κ2) is 8.05. The number of nitrogens with one attached hydrogen (secondary N) is 1. The van der Waals surface area contributed by atoms with E-state index in [1.54, 1.807) is 16.2 Å². The number of methoxy groups -OCH3 is 1. The van der Waals surface area contributed by atoms with Crippen LogP contribution in [0.2, 0.25) is 0 Å². The van der Waals surface area contributed by atoms with Gasteiger partial charge in [0.15, 0.2) is 0 Å². The summed E-state index contributed by atoms with van der Waals surface area (Å²) in [5, 5.41) is 5.20. The molecule has 1 N–H and O–H groups in total. The average Bonchev–Trinajstić information content (AvgIpc) is 3.40. The predicted octanol–water partition coefficient (Wildman–Crippen LogP) is 4.12. The molecule has 0 unspecified atom stereocenters. The van der Waals surface area contributed by atoms with Crippen molar-refractivity contribution in [1.82, 2.24) is 0 Å². The van der Waals surface area contributed by atoms with Crippen LogP contribution in [0, 0.1) is 0 Å². The monoisotopic (exact) mass is 398 g/mol. The van der Waals surface area contributed by atoms with Crippen molar-refractivity contribution in [2.75, 3.05) is 30.5 Å². The van der Waals surface area contributed by atoms with Gasteiger partial charge in [0.1, 0.15) is 6.61 Å². The fraction of sp³-hybridized carbons (Fsp3) is 0.455. The Morgan fingerprint density at radius 3 is 2.75 bits per heavy atom. The molecule has 148 valence electrons. The standard InChI is InChI=1S/C22H26N2O3S/c1-27-15-20(25)24-12-4-6-16-8-9-17(14-18(16)24)23-21(26)22(10-2-3-11-22)19-7-5-13-28-19/h5,7-9,13-14H,2-4,6,10-12,15H2,1H3,(H,23,26). The van der Waals surface area contributed by atoms with E-state index in [9.17, 15) is 9.59 Å². The van der Waals surface area contributed by atoms with Crippen molar-refractivity contribution in [3.63, 3.8) is 0 Å². The zero-order valence-corrected chi connectivity index (χ0v) is 17.0. The Labute approximate surface area is 169 Å². The molecule has 1 fully saturated rings. The number of carbonyl (C=O) groups is 2. The van der Waals surface area contributed by atoms with E-state index >= 15 is 0 Å². The lowest BCUT2D eigenvalue weighted by molar-refractivity contribution is -0.122. The van der Waals surface area contributed by atoms with Crippen molar-refractivity contribution < 1.29 is 14.3 Å². The summed E-state index contributed by atoms with van der Waals surface area (Å²) < 4.78 is 5.03. The van der Waals surface area contributed by atoms with Crippen molar-refractivity contribution in [1.29, 1.82) is 0 Å². The Bertz CT molecular complexity index is 857. The normalized spacial score (nSPS) is 18.0. The molecule has 6 heteroatoms. The largest absolute Gasteiger partial charge is 0.375 e. The summed E-state index contributed by atoms with van der Waals surface area (Å²) in [4.78, 5) is 28.7. The van der Waals surface area contributed by atoms with E-state index in [4.69, 9.17) is 4.74 Å². The van der Waals surface area contributed by atoms with Crippen LogP contribution in [-0.2, 0) is 26.2 Å². The van der Waals surface area contributed by atoms with Gasteiger partial charge in [0, 0.05) is 29.9 Å². The molecule has 0 spiro atoms. The molecule has 2 aliphatic rings. The number of ether oxygens (including phenoxy) is 1. The Balaban J connectivity index is 1.59. The molecule has 1 aromatic carbocycles. The molecule has 5 nitrogen and oxygen atoms in total. The van der Waals surface area contributed by atoms with Gasteiger partial charge in [0.25, 0.3) is 5.91 Å². The van der Waals surface area contributed by atoms with Crippen LogP contribution in [0.15, 0.2) is 35.7 Å². The number of benzene rings is 1. The third-order valence-corrected chi connectivity index (χ3v) is 6.99. The number of hydrogen-bond donors (Lipinski definition) is 1. The summed E-state index contributed by atoms with van der Waals surface area (Å²) >= 11 is 1.66. The summed E-state index contributed by atoms with van der Waals surface area (Å²) in [5.41, 5.74) is 2.37. The maximum Gasteiger partial charge on any atom is 0.252 e. The van der Waals surface area contributed by atoms with Crippen LogP contribution < -0.4 is 10.2 Å². The minimum Gasteiger partial charge on any atom is -0.375 e. The van der Waals surface area contributed by atoms with Crippen molar-refractivity contribution in [3.05, 3.63) is 46.2 Å². The first kappa shape index (κ1) is 19.2. The minimum atomic E-state index is -0.421. The number of nitrogens with zero attached hydrogens (tertiary/aromatic N) is 1. The Hall–Kier alpha value is -2.18. The number of thiophene rings is 1. The second-order valence-corrected chi connectivity index (χ2v) is 8.59. The summed E-state index contributed by atoms with van der Waals surface area (Å²) in [6, 6.07) is 10.0. The SMILES string of the molecule is COCC(=O)N1CCCc2ccc(NC(=O)C3(c4cccs4)CCCC3)cc21. The highest BCUT2D eigenvalue weighted by Gasteiger charge is 2.43. The number of carbonyl (C=O) groups excluding carboxylic acids is 2. The molecule has 4 rings (SSSR count). The lowest BCUT2D eigenvalue weighted by atomic mass is 9.83. The molecule has 0 atom stereocenters. The maximum absolute atomic E-state index is 13.3. The van der Waals surface area contributed by atoms with Gasteiger partial charge < -0.3 is 15.0 Å². The number of amides is 2. The Morgan fingerprint density at radius 1 is 1.21 bits per heavy atom. The fourth-order valence-electron chi connectivity index (χ4n) is 4.48. The van der Waals surface area contributed by atoms with Crippen LogP contribution in [-0.4, -0.2) is 32.1 Å². The highest BCUT2D eigenvalue weighted by molar-refractivity contribution is 7.10. The van der Waals surface area contributed by atoms with E-state index in [1.807, 2.05) is 29.6 Å². The zero-order valence-electron chi connectivity index (χ0n) is 16.2. The van der Waals surface area contributed by atoms with Crippen molar-refractivity contribution in [2.45, 2.75) is 43.9 Å². The number of aryl methyl sites for hydroxylation is 1. The van der Waals surface area contributed by atoms with Crippen LogP contribution in [0.25, 0.3) is 0 Å². The van der Waals surface area contributed by atoms with Gasteiger partial charge in [-0.15, -0.1) is 11.3 Å². The van der Waals surface area contributed by atoms with Crippen LogP contribution in [0.3, 0.4) is 0 Å². The highest BCUT2D eigenvalue weighted by atomic mass is 32.1. The van der Waals surface area contributed by atoms with E-state index in [0.29, 0.717) is 6.54 Å². The van der Waals surface area contributed by atoms with Gasteiger partial charge in [-0.25, -0.2) is 0 Å². The zero-order chi connectivity index (χ0) is 19.6. The van der Waals surface area contributed by atoms with Crippen molar-refractivity contribution in [2.24, 2.45) is 0 Å². The van der Waals surface area contributed by atoms with Crippen LogP contribution >= 0.6 is 11.3 Å². The molecule has 0 saturated heterocycles. The molecule has 1 saturated carbocycles. The number of anilines is 2. The smallest absolute Gasteiger partial charge is 0.252 e. The fourth-order valence-corrected chi connectivity index (χ4v) is 5.46. The molecule has 0 radical (unpaired) electrons. The molecular weight excluding hydrogens is 372 g/mol. The van der Waals surface area contributed by atoms with Crippen molar-refractivity contribution >= 4 is 34.5 Å². The second-order valence-electron chi connectivity index (χ2n) is 7.65. The van der Waals surface area contributed by atoms with Gasteiger partial charge in [-0.1, -0.05) is 25.0 Å². The lowest BCUT2D eigenvalue weighted by Crippen LogP contribution is -2.38. The molecule has 1 aromatic heterocycles. The highest BCUT2D eigenvalue weighted by Crippen LogP contribution is 2.44. The molecule has 1 aliphatic heterocycles. The van der Waals surface area contributed by atoms with Gasteiger partial charge in [0.05, 0.1) is 5.41 Å².